The van der Waals surface area contributed by atoms with Crippen LogP contribution in [0.5, 0.6) is 0 Å². The number of amides is 2. The highest BCUT2D eigenvalue weighted by molar-refractivity contribution is 9.10. The van der Waals surface area contributed by atoms with Gasteiger partial charge in [-0.05, 0) is 50.5 Å². The van der Waals surface area contributed by atoms with Gasteiger partial charge in [0.1, 0.15) is 12.1 Å². The van der Waals surface area contributed by atoms with Crippen LogP contribution in [0.3, 0.4) is 0 Å². The second-order valence-corrected chi connectivity index (χ2v) is 6.32. The van der Waals surface area contributed by atoms with Gasteiger partial charge in [0.2, 0.25) is 5.91 Å². The van der Waals surface area contributed by atoms with Gasteiger partial charge in [-0.3, -0.25) is 14.5 Å². The van der Waals surface area contributed by atoms with Crippen molar-refractivity contribution in [2.75, 3.05) is 11.4 Å². The Kier molecular flexibility index (Phi) is 3.54. The van der Waals surface area contributed by atoms with E-state index in [1.54, 1.807) is 9.80 Å². The van der Waals surface area contributed by atoms with Crippen LogP contribution in [0.1, 0.15) is 26.2 Å². The molecule has 1 aromatic rings. The molecule has 2 aliphatic heterocycles. The average molecular weight is 337 g/mol. The molecule has 0 radical (unpaired) electrons. The summed E-state index contributed by atoms with van der Waals surface area (Å²) in [4.78, 5) is 28.6. The Labute approximate surface area is 126 Å². The van der Waals surface area contributed by atoms with Crippen LogP contribution >= 0.6 is 15.9 Å². The third-order valence-electron chi connectivity index (χ3n) is 4.16. The zero-order valence-electron chi connectivity index (χ0n) is 11.4. The number of halogens is 1. The molecule has 1 aromatic carbocycles. The Balaban J connectivity index is 1.96. The fourth-order valence-electron chi connectivity index (χ4n) is 3.11. The Morgan fingerprint density at radius 1 is 1.10 bits per heavy atom. The maximum Gasteiger partial charge on any atom is 0.250 e. The molecule has 106 valence electrons. The van der Waals surface area contributed by atoms with Crippen LogP contribution in [0, 0.1) is 0 Å². The van der Waals surface area contributed by atoms with Crippen LogP contribution in [0.4, 0.5) is 5.69 Å². The molecule has 2 saturated heterocycles. The molecule has 20 heavy (non-hydrogen) atoms. The number of anilines is 1. The molecule has 2 aliphatic rings. The zero-order chi connectivity index (χ0) is 14.3. The van der Waals surface area contributed by atoms with Crippen LogP contribution in [-0.4, -0.2) is 35.3 Å². The fourth-order valence-corrected chi connectivity index (χ4v) is 3.37. The van der Waals surface area contributed by atoms with Crippen LogP contribution in [0.2, 0.25) is 0 Å². The quantitative estimate of drug-likeness (QED) is 0.790. The van der Waals surface area contributed by atoms with Crippen molar-refractivity contribution in [2.45, 2.75) is 38.3 Å². The summed E-state index contributed by atoms with van der Waals surface area (Å²) in [6.07, 6.45) is 2.80. The van der Waals surface area contributed by atoms with E-state index < -0.39 is 6.04 Å². The summed E-state index contributed by atoms with van der Waals surface area (Å²) in [5, 5.41) is 0. The van der Waals surface area contributed by atoms with Crippen LogP contribution in [0.15, 0.2) is 28.7 Å². The lowest BCUT2D eigenvalue weighted by Gasteiger charge is -2.46. The standard InChI is InChI=1S/C15H17BrN2O2/c1-10-14(19)17-9-3-2-4-13(17)15(20)18(10)12-7-5-11(16)6-8-12/h5-8,10,13H,2-4,9H2,1H3. The second-order valence-electron chi connectivity index (χ2n) is 5.40. The molecular weight excluding hydrogens is 320 g/mol. The number of rotatable bonds is 1. The summed E-state index contributed by atoms with van der Waals surface area (Å²) < 4.78 is 0.962. The Bertz CT molecular complexity index is 543. The van der Waals surface area contributed by atoms with Crippen molar-refractivity contribution in [3.05, 3.63) is 28.7 Å². The number of carbonyl (C=O) groups excluding carboxylic acids is 2. The van der Waals surface area contributed by atoms with Crippen molar-refractivity contribution in [3.8, 4) is 0 Å². The van der Waals surface area contributed by atoms with Gasteiger partial charge in [0, 0.05) is 16.7 Å². The maximum atomic E-state index is 12.7. The van der Waals surface area contributed by atoms with Crippen LogP contribution < -0.4 is 4.90 Å². The summed E-state index contributed by atoms with van der Waals surface area (Å²) in [6.45, 7) is 2.53. The van der Waals surface area contributed by atoms with E-state index in [1.807, 2.05) is 31.2 Å². The normalized spacial score (nSPS) is 26.7. The van der Waals surface area contributed by atoms with Gasteiger partial charge >= 0.3 is 0 Å². The van der Waals surface area contributed by atoms with Crippen LogP contribution in [0.25, 0.3) is 0 Å². The molecule has 2 atom stereocenters. The third kappa shape index (κ3) is 2.14. The molecule has 2 unspecified atom stereocenters. The Morgan fingerprint density at radius 2 is 1.80 bits per heavy atom. The molecule has 3 rings (SSSR count). The molecule has 0 aliphatic carbocycles. The van der Waals surface area contributed by atoms with Gasteiger partial charge in [0.05, 0.1) is 0 Å². The number of nitrogens with zero attached hydrogens (tertiary/aromatic N) is 2. The molecule has 0 saturated carbocycles. The number of carbonyl (C=O) groups is 2. The molecule has 4 nitrogen and oxygen atoms in total. The Hall–Kier alpha value is -1.36. The number of fused-ring (bicyclic) bond motifs is 1. The topological polar surface area (TPSA) is 40.6 Å². The first-order valence-electron chi connectivity index (χ1n) is 6.98. The predicted octanol–water partition coefficient (Wildman–Crippen LogP) is 2.57. The molecule has 0 aromatic heterocycles. The van der Waals surface area contributed by atoms with E-state index in [9.17, 15) is 9.59 Å². The smallest absolute Gasteiger partial charge is 0.250 e. The summed E-state index contributed by atoms with van der Waals surface area (Å²) in [6, 6.07) is 6.86. The minimum Gasteiger partial charge on any atom is -0.329 e. The zero-order valence-corrected chi connectivity index (χ0v) is 13.0. The van der Waals surface area contributed by atoms with Gasteiger partial charge in [-0.25, -0.2) is 0 Å². The van der Waals surface area contributed by atoms with Crippen LogP contribution in [-0.2, 0) is 9.59 Å². The lowest BCUT2D eigenvalue weighted by atomic mass is 9.95. The first-order valence-corrected chi connectivity index (χ1v) is 7.78. The van der Waals surface area contributed by atoms with E-state index in [1.165, 1.54) is 0 Å². The van der Waals surface area contributed by atoms with Gasteiger partial charge in [0.15, 0.2) is 0 Å². The van der Waals surface area contributed by atoms with E-state index in [0.29, 0.717) is 6.54 Å². The number of benzene rings is 1. The van der Waals surface area contributed by atoms with Crippen molar-refractivity contribution in [2.24, 2.45) is 0 Å². The summed E-state index contributed by atoms with van der Waals surface area (Å²) in [5.74, 6) is 0.122. The predicted molar refractivity (Wildman–Crippen MR) is 80.4 cm³/mol. The van der Waals surface area contributed by atoms with Crippen molar-refractivity contribution < 1.29 is 9.59 Å². The van der Waals surface area contributed by atoms with E-state index >= 15 is 0 Å². The van der Waals surface area contributed by atoms with Crippen molar-refractivity contribution in [1.29, 1.82) is 0 Å². The van der Waals surface area contributed by atoms with Crippen molar-refractivity contribution in [1.82, 2.24) is 4.90 Å². The van der Waals surface area contributed by atoms with E-state index in [0.717, 1.165) is 29.4 Å². The van der Waals surface area contributed by atoms with Gasteiger partial charge in [-0.2, -0.15) is 0 Å². The summed E-state index contributed by atoms with van der Waals surface area (Å²) in [7, 11) is 0. The third-order valence-corrected chi connectivity index (χ3v) is 4.69. The van der Waals surface area contributed by atoms with E-state index in [4.69, 9.17) is 0 Å². The minimum atomic E-state index is -0.418. The molecular formula is C15H17BrN2O2. The molecule has 0 bridgehead atoms. The molecule has 0 spiro atoms. The fraction of sp³-hybridized carbons (Fsp3) is 0.467. The van der Waals surface area contributed by atoms with E-state index in [-0.39, 0.29) is 17.9 Å². The SMILES string of the molecule is CC1C(=O)N2CCCCC2C(=O)N1c1ccc(Br)cc1. The molecule has 2 heterocycles. The molecule has 0 N–H and O–H groups in total. The lowest BCUT2D eigenvalue weighted by Crippen LogP contribution is -2.65. The van der Waals surface area contributed by atoms with Gasteiger partial charge in [-0.1, -0.05) is 15.9 Å². The minimum absolute atomic E-state index is 0.0547. The average Bonchev–Trinajstić information content (AvgIpc) is 2.47. The second kappa shape index (κ2) is 5.20. The van der Waals surface area contributed by atoms with Crippen molar-refractivity contribution >= 4 is 33.4 Å². The molecule has 2 amide bonds. The summed E-state index contributed by atoms with van der Waals surface area (Å²) in [5.41, 5.74) is 0.796. The molecule has 2 fully saturated rings. The first-order chi connectivity index (χ1) is 9.59. The highest BCUT2D eigenvalue weighted by Gasteiger charge is 2.45. The lowest BCUT2D eigenvalue weighted by molar-refractivity contribution is -0.147. The van der Waals surface area contributed by atoms with E-state index in [2.05, 4.69) is 15.9 Å². The summed E-state index contributed by atoms with van der Waals surface area (Å²) >= 11 is 3.39. The molecule has 5 heteroatoms. The van der Waals surface area contributed by atoms with Gasteiger partial charge in [0.25, 0.3) is 5.91 Å². The number of hydrogen-bond donors (Lipinski definition) is 0. The largest absolute Gasteiger partial charge is 0.329 e. The Morgan fingerprint density at radius 3 is 2.50 bits per heavy atom. The maximum absolute atomic E-state index is 12.7. The monoisotopic (exact) mass is 336 g/mol. The van der Waals surface area contributed by atoms with Gasteiger partial charge < -0.3 is 4.90 Å². The first kappa shape index (κ1) is 13.6. The highest BCUT2D eigenvalue weighted by atomic mass is 79.9. The highest BCUT2D eigenvalue weighted by Crippen LogP contribution is 2.30. The van der Waals surface area contributed by atoms with Crippen molar-refractivity contribution in [3.63, 3.8) is 0 Å². The number of piperidine rings is 1. The number of hydrogen-bond acceptors (Lipinski definition) is 2. The number of piperazine rings is 1. The van der Waals surface area contributed by atoms with Gasteiger partial charge in [-0.15, -0.1) is 0 Å².